The Bertz CT molecular complexity index is 170. The van der Waals surface area contributed by atoms with Crippen LogP contribution in [0.4, 0.5) is 0 Å². The van der Waals surface area contributed by atoms with Gasteiger partial charge in [-0.25, -0.2) is 0 Å². The average Bonchev–Trinajstić information content (AvgIpc) is 2.36. The molecule has 0 aromatic carbocycles. The Morgan fingerprint density at radius 1 is 1.18 bits per heavy atom. The minimum atomic E-state index is 0.963. The first kappa shape index (κ1) is 15.3. The second-order valence-corrected chi connectivity index (χ2v) is 6.34. The lowest BCUT2D eigenvalue weighted by Crippen LogP contribution is -2.33. The second kappa shape index (κ2) is 10.2. The number of hydrogen-bond donors (Lipinski definition) is 1. The van der Waals surface area contributed by atoms with E-state index in [-0.39, 0.29) is 0 Å². The van der Waals surface area contributed by atoms with Crippen LogP contribution in [-0.4, -0.2) is 50.1 Å². The smallest absolute Gasteiger partial charge is 0.0104 e. The topological polar surface area (TPSA) is 15.3 Å². The van der Waals surface area contributed by atoms with Gasteiger partial charge in [-0.05, 0) is 57.3 Å². The fraction of sp³-hybridized carbons (Fsp3) is 1.00. The van der Waals surface area contributed by atoms with Crippen molar-refractivity contribution in [3.63, 3.8) is 0 Å². The van der Waals surface area contributed by atoms with Crippen LogP contribution < -0.4 is 5.32 Å². The summed E-state index contributed by atoms with van der Waals surface area (Å²) in [6, 6.07) is 0. The molecular formula is C14H30N2S. The van der Waals surface area contributed by atoms with Crippen LogP contribution in [-0.2, 0) is 0 Å². The quantitative estimate of drug-likeness (QED) is 0.640. The van der Waals surface area contributed by atoms with E-state index in [1.165, 1.54) is 63.9 Å². The Kier molecular flexibility index (Phi) is 9.21. The summed E-state index contributed by atoms with van der Waals surface area (Å²) in [7, 11) is 2.24. The van der Waals surface area contributed by atoms with E-state index in [9.17, 15) is 0 Å². The second-order valence-electron chi connectivity index (χ2n) is 5.36. The minimum Gasteiger partial charge on any atom is -0.315 e. The lowest BCUT2D eigenvalue weighted by atomic mass is 9.89. The van der Waals surface area contributed by atoms with E-state index in [0.29, 0.717) is 0 Å². The van der Waals surface area contributed by atoms with Crippen LogP contribution in [0.1, 0.15) is 38.5 Å². The third kappa shape index (κ3) is 8.06. The molecule has 1 rings (SSSR count). The fourth-order valence-electron chi connectivity index (χ4n) is 2.56. The summed E-state index contributed by atoms with van der Waals surface area (Å²) in [6.07, 6.45) is 10.8. The SMILES string of the molecule is CSCCCN(C)CCNCC1CCCCC1. The van der Waals surface area contributed by atoms with Gasteiger partial charge in [0.05, 0.1) is 0 Å². The maximum absolute atomic E-state index is 3.63. The number of nitrogens with zero attached hydrogens (tertiary/aromatic N) is 1. The van der Waals surface area contributed by atoms with Crippen molar-refractivity contribution in [1.29, 1.82) is 0 Å². The molecule has 1 N–H and O–H groups in total. The minimum absolute atomic E-state index is 0.963. The molecule has 0 unspecified atom stereocenters. The normalized spacial score (nSPS) is 17.8. The van der Waals surface area contributed by atoms with Gasteiger partial charge in [-0.1, -0.05) is 19.3 Å². The summed E-state index contributed by atoms with van der Waals surface area (Å²) in [6.45, 7) is 4.85. The highest BCUT2D eigenvalue weighted by Gasteiger charge is 2.12. The molecular weight excluding hydrogens is 228 g/mol. The zero-order chi connectivity index (χ0) is 12.3. The van der Waals surface area contributed by atoms with Gasteiger partial charge < -0.3 is 10.2 Å². The van der Waals surface area contributed by atoms with E-state index >= 15 is 0 Å². The summed E-state index contributed by atoms with van der Waals surface area (Å²) >= 11 is 1.95. The summed E-state index contributed by atoms with van der Waals surface area (Å²) in [5.74, 6) is 2.25. The molecule has 0 saturated heterocycles. The highest BCUT2D eigenvalue weighted by molar-refractivity contribution is 7.98. The number of thioether (sulfide) groups is 1. The third-order valence-corrected chi connectivity index (χ3v) is 4.41. The van der Waals surface area contributed by atoms with E-state index in [1.54, 1.807) is 0 Å². The van der Waals surface area contributed by atoms with E-state index in [2.05, 4.69) is 23.5 Å². The van der Waals surface area contributed by atoms with Crippen molar-refractivity contribution < 1.29 is 0 Å². The highest BCUT2D eigenvalue weighted by atomic mass is 32.2. The maximum Gasteiger partial charge on any atom is 0.0104 e. The zero-order valence-corrected chi connectivity index (χ0v) is 12.5. The molecule has 2 nitrogen and oxygen atoms in total. The molecule has 1 aliphatic carbocycles. The molecule has 0 radical (unpaired) electrons. The Balaban J connectivity index is 1.88. The van der Waals surface area contributed by atoms with Crippen molar-refractivity contribution in [3.05, 3.63) is 0 Å². The monoisotopic (exact) mass is 258 g/mol. The van der Waals surface area contributed by atoms with Gasteiger partial charge >= 0.3 is 0 Å². The summed E-state index contributed by atoms with van der Waals surface area (Å²) in [5.41, 5.74) is 0. The average molecular weight is 258 g/mol. The Morgan fingerprint density at radius 3 is 2.65 bits per heavy atom. The summed E-state index contributed by atoms with van der Waals surface area (Å²) in [4.78, 5) is 2.45. The van der Waals surface area contributed by atoms with Gasteiger partial charge in [0.1, 0.15) is 0 Å². The molecule has 1 fully saturated rings. The molecule has 0 aromatic rings. The van der Waals surface area contributed by atoms with Gasteiger partial charge in [0.15, 0.2) is 0 Å². The van der Waals surface area contributed by atoms with Gasteiger partial charge in [-0.2, -0.15) is 11.8 Å². The summed E-state index contributed by atoms with van der Waals surface area (Å²) < 4.78 is 0. The predicted octanol–water partition coefficient (Wildman–Crippen LogP) is 2.84. The predicted molar refractivity (Wildman–Crippen MR) is 79.9 cm³/mol. The molecule has 0 aliphatic heterocycles. The zero-order valence-electron chi connectivity index (χ0n) is 11.7. The molecule has 0 heterocycles. The molecule has 1 saturated carbocycles. The number of rotatable bonds is 9. The van der Waals surface area contributed by atoms with Crippen molar-refractivity contribution in [2.45, 2.75) is 38.5 Å². The lowest BCUT2D eigenvalue weighted by molar-refractivity contribution is 0.309. The van der Waals surface area contributed by atoms with Crippen LogP contribution in [0.3, 0.4) is 0 Å². The van der Waals surface area contributed by atoms with Crippen molar-refractivity contribution in [1.82, 2.24) is 10.2 Å². The van der Waals surface area contributed by atoms with Gasteiger partial charge in [-0.3, -0.25) is 0 Å². The van der Waals surface area contributed by atoms with Crippen molar-refractivity contribution >= 4 is 11.8 Å². The van der Waals surface area contributed by atoms with E-state index in [0.717, 1.165) is 12.5 Å². The largest absolute Gasteiger partial charge is 0.315 e. The Hall–Kier alpha value is 0.270. The van der Waals surface area contributed by atoms with Gasteiger partial charge in [0, 0.05) is 13.1 Å². The van der Waals surface area contributed by atoms with Gasteiger partial charge in [-0.15, -0.1) is 0 Å². The van der Waals surface area contributed by atoms with Crippen LogP contribution in [0, 0.1) is 5.92 Å². The summed E-state index contributed by atoms with van der Waals surface area (Å²) in [5, 5.41) is 3.63. The fourth-order valence-corrected chi connectivity index (χ4v) is 2.98. The van der Waals surface area contributed by atoms with Crippen LogP contribution in [0.25, 0.3) is 0 Å². The number of hydrogen-bond acceptors (Lipinski definition) is 3. The van der Waals surface area contributed by atoms with E-state index in [1.807, 2.05) is 11.8 Å². The first-order valence-corrected chi connectivity index (χ1v) is 8.60. The van der Waals surface area contributed by atoms with Crippen LogP contribution in [0.15, 0.2) is 0 Å². The van der Waals surface area contributed by atoms with E-state index in [4.69, 9.17) is 0 Å². The van der Waals surface area contributed by atoms with Gasteiger partial charge in [0.2, 0.25) is 0 Å². The first-order chi connectivity index (χ1) is 8.33. The molecule has 0 atom stereocenters. The lowest BCUT2D eigenvalue weighted by Gasteiger charge is -2.23. The molecule has 1 aliphatic rings. The molecule has 3 heteroatoms. The standard InChI is InChI=1S/C14H30N2S/c1-16(10-6-12-17-2)11-9-15-13-14-7-4-3-5-8-14/h14-15H,3-13H2,1-2H3. The molecule has 0 spiro atoms. The van der Waals surface area contributed by atoms with E-state index < -0.39 is 0 Å². The third-order valence-electron chi connectivity index (χ3n) is 3.72. The van der Waals surface area contributed by atoms with Crippen LogP contribution in [0.2, 0.25) is 0 Å². The molecule has 17 heavy (non-hydrogen) atoms. The molecule has 0 amide bonds. The van der Waals surface area contributed by atoms with Crippen LogP contribution in [0.5, 0.6) is 0 Å². The molecule has 0 aromatic heterocycles. The van der Waals surface area contributed by atoms with Crippen molar-refractivity contribution in [3.8, 4) is 0 Å². The van der Waals surface area contributed by atoms with Crippen molar-refractivity contribution in [2.75, 3.05) is 45.2 Å². The molecule has 0 bridgehead atoms. The Labute approximate surface area is 112 Å². The van der Waals surface area contributed by atoms with Gasteiger partial charge in [0.25, 0.3) is 0 Å². The first-order valence-electron chi connectivity index (χ1n) is 7.21. The number of nitrogens with one attached hydrogen (secondary N) is 1. The maximum atomic E-state index is 3.63. The molecule has 102 valence electrons. The van der Waals surface area contributed by atoms with Crippen molar-refractivity contribution in [2.24, 2.45) is 5.92 Å². The van der Waals surface area contributed by atoms with Crippen LogP contribution >= 0.6 is 11.8 Å². The number of likely N-dealkylation sites (N-methyl/N-ethyl adjacent to an activating group) is 1. The highest BCUT2D eigenvalue weighted by Crippen LogP contribution is 2.22. The Morgan fingerprint density at radius 2 is 1.94 bits per heavy atom.